The summed E-state index contributed by atoms with van der Waals surface area (Å²) in [6.07, 6.45) is 10.7. The van der Waals surface area contributed by atoms with E-state index in [-0.39, 0.29) is 12.7 Å². The monoisotopic (exact) mass is 432 g/mol. The van der Waals surface area contributed by atoms with Crippen LogP contribution >= 0.6 is 0 Å². The molecule has 0 unspecified atom stereocenters. The lowest BCUT2D eigenvalue weighted by molar-refractivity contribution is 0.101. The molecule has 1 heterocycles. The highest BCUT2D eigenvalue weighted by Gasteiger charge is 2.23. The Morgan fingerprint density at radius 3 is 2.45 bits per heavy atom. The predicted octanol–water partition coefficient (Wildman–Crippen LogP) is 2.80. The first-order valence-electron chi connectivity index (χ1n) is 11.2. The van der Waals surface area contributed by atoms with Gasteiger partial charge in [-0.1, -0.05) is 12.8 Å². The third-order valence-electron chi connectivity index (χ3n) is 6.15. The smallest absolute Gasteiger partial charge is 0.409 e. The number of aromatic nitrogens is 2. The van der Waals surface area contributed by atoms with Gasteiger partial charge in [-0.2, -0.15) is 0 Å². The highest BCUT2D eigenvalue weighted by molar-refractivity contribution is 5.68. The number of hydrogen-bond acceptors (Lipinski definition) is 8. The quantitative estimate of drug-likeness (QED) is 0.475. The van der Waals surface area contributed by atoms with Crippen LogP contribution in [-0.2, 0) is 4.74 Å². The second-order valence-electron chi connectivity index (χ2n) is 8.73. The number of amides is 1. The zero-order chi connectivity index (χ0) is 22.4. The molecule has 31 heavy (non-hydrogen) atoms. The molecule has 2 aliphatic rings. The SMILES string of the molecule is Cc1nc(/C(N)=C(\COC(=O)N(C)CC2CCC2)N(C)N)cnc1OC1CCCCC1. The summed E-state index contributed by atoms with van der Waals surface area (Å²) in [4.78, 5) is 22.9. The van der Waals surface area contributed by atoms with Gasteiger partial charge in [0.15, 0.2) is 0 Å². The molecule has 1 amide bonds. The normalized spacial score (nSPS) is 18.1. The van der Waals surface area contributed by atoms with E-state index in [2.05, 4.69) is 9.97 Å². The van der Waals surface area contributed by atoms with Crippen molar-refractivity contribution in [2.75, 3.05) is 27.2 Å². The van der Waals surface area contributed by atoms with Crippen molar-refractivity contribution in [2.45, 2.75) is 64.4 Å². The zero-order valence-electron chi connectivity index (χ0n) is 19.0. The maximum atomic E-state index is 12.3. The van der Waals surface area contributed by atoms with Crippen LogP contribution in [0.1, 0.15) is 62.8 Å². The Morgan fingerprint density at radius 2 is 1.87 bits per heavy atom. The van der Waals surface area contributed by atoms with Gasteiger partial charge in [-0.25, -0.2) is 20.6 Å². The molecule has 0 atom stereocenters. The summed E-state index contributed by atoms with van der Waals surface area (Å²) < 4.78 is 11.5. The Labute approximate surface area is 184 Å². The van der Waals surface area contributed by atoms with Gasteiger partial charge >= 0.3 is 6.09 Å². The van der Waals surface area contributed by atoms with Gasteiger partial charge in [0.1, 0.15) is 24.1 Å². The molecule has 2 fully saturated rings. The van der Waals surface area contributed by atoms with Gasteiger partial charge in [0.2, 0.25) is 5.88 Å². The summed E-state index contributed by atoms with van der Waals surface area (Å²) in [7, 11) is 3.40. The van der Waals surface area contributed by atoms with E-state index in [9.17, 15) is 4.79 Å². The number of nitrogens with zero attached hydrogens (tertiary/aromatic N) is 4. The molecule has 1 aromatic heterocycles. The lowest BCUT2D eigenvalue weighted by atomic mass is 9.85. The number of nitrogens with two attached hydrogens (primary N) is 2. The van der Waals surface area contributed by atoms with Crippen molar-refractivity contribution < 1.29 is 14.3 Å². The van der Waals surface area contributed by atoms with Crippen molar-refractivity contribution in [3.63, 3.8) is 0 Å². The Kier molecular flexibility index (Phi) is 7.95. The van der Waals surface area contributed by atoms with Gasteiger partial charge in [-0.15, -0.1) is 0 Å². The van der Waals surface area contributed by atoms with E-state index in [0.29, 0.717) is 41.1 Å². The molecule has 0 aromatic carbocycles. The highest BCUT2D eigenvalue weighted by Crippen LogP contribution is 2.27. The third kappa shape index (κ3) is 6.22. The third-order valence-corrected chi connectivity index (χ3v) is 6.15. The minimum absolute atomic E-state index is 0.0479. The van der Waals surface area contributed by atoms with Crippen LogP contribution in [0.4, 0.5) is 4.79 Å². The minimum atomic E-state index is -0.391. The molecule has 3 rings (SSSR count). The molecule has 9 heteroatoms. The average Bonchev–Trinajstić information content (AvgIpc) is 2.72. The van der Waals surface area contributed by atoms with Gasteiger partial charge in [-0.3, -0.25) is 0 Å². The number of likely N-dealkylation sites (N-methyl/N-ethyl adjacent to an activating group) is 1. The van der Waals surface area contributed by atoms with Crippen molar-refractivity contribution in [1.29, 1.82) is 0 Å². The lowest BCUT2D eigenvalue weighted by Crippen LogP contribution is -2.37. The van der Waals surface area contributed by atoms with Crippen LogP contribution in [0, 0.1) is 12.8 Å². The van der Waals surface area contributed by atoms with E-state index in [1.54, 1.807) is 25.2 Å². The van der Waals surface area contributed by atoms with E-state index in [4.69, 9.17) is 21.1 Å². The van der Waals surface area contributed by atoms with Gasteiger partial charge in [-0.05, 0) is 51.4 Å². The molecule has 2 aliphatic carbocycles. The molecule has 4 N–H and O–H groups in total. The van der Waals surface area contributed by atoms with E-state index >= 15 is 0 Å². The first-order chi connectivity index (χ1) is 14.8. The summed E-state index contributed by atoms with van der Waals surface area (Å²) in [5.41, 5.74) is 8.24. The van der Waals surface area contributed by atoms with E-state index < -0.39 is 6.09 Å². The molecule has 0 aliphatic heterocycles. The van der Waals surface area contributed by atoms with Crippen LogP contribution in [0.15, 0.2) is 11.9 Å². The van der Waals surface area contributed by atoms with E-state index in [1.807, 2.05) is 6.92 Å². The molecule has 0 saturated heterocycles. The van der Waals surface area contributed by atoms with Crippen molar-refractivity contribution >= 4 is 11.8 Å². The molecular formula is C22H36N6O3. The number of hydrazine groups is 1. The molecule has 1 aromatic rings. The van der Waals surface area contributed by atoms with Gasteiger partial charge in [0.05, 0.1) is 17.6 Å². The van der Waals surface area contributed by atoms with E-state index in [1.165, 1.54) is 43.5 Å². The van der Waals surface area contributed by atoms with Gasteiger partial charge in [0, 0.05) is 20.6 Å². The van der Waals surface area contributed by atoms with Crippen LogP contribution in [0.2, 0.25) is 0 Å². The van der Waals surface area contributed by atoms with Crippen molar-refractivity contribution in [1.82, 2.24) is 19.9 Å². The van der Waals surface area contributed by atoms with Crippen LogP contribution in [0.3, 0.4) is 0 Å². The molecule has 0 radical (unpaired) electrons. The lowest BCUT2D eigenvalue weighted by Gasteiger charge is -2.30. The Morgan fingerprint density at radius 1 is 1.16 bits per heavy atom. The summed E-state index contributed by atoms with van der Waals surface area (Å²) in [6.45, 7) is 2.51. The summed E-state index contributed by atoms with van der Waals surface area (Å²) in [6, 6.07) is 0. The Balaban J connectivity index is 1.65. The van der Waals surface area contributed by atoms with Gasteiger partial charge in [0.25, 0.3) is 0 Å². The van der Waals surface area contributed by atoms with Gasteiger partial charge < -0.3 is 25.1 Å². The largest absolute Gasteiger partial charge is 0.473 e. The fourth-order valence-corrected chi connectivity index (χ4v) is 3.95. The molecule has 172 valence electrons. The highest BCUT2D eigenvalue weighted by atomic mass is 16.6. The summed E-state index contributed by atoms with van der Waals surface area (Å²) >= 11 is 0. The first kappa shape index (κ1) is 23.1. The van der Waals surface area contributed by atoms with Crippen LogP contribution in [0.25, 0.3) is 5.70 Å². The zero-order valence-corrected chi connectivity index (χ0v) is 19.0. The maximum Gasteiger partial charge on any atom is 0.409 e. The second-order valence-corrected chi connectivity index (χ2v) is 8.73. The summed E-state index contributed by atoms with van der Waals surface area (Å²) in [5, 5.41) is 1.35. The van der Waals surface area contributed by atoms with Crippen molar-refractivity contribution in [3.8, 4) is 5.88 Å². The second kappa shape index (κ2) is 10.7. The number of aryl methyl sites for hydroxylation is 1. The first-order valence-corrected chi connectivity index (χ1v) is 11.2. The Bertz CT molecular complexity index is 787. The molecule has 9 nitrogen and oxygen atoms in total. The van der Waals surface area contributed by atoms with Crippen molar-refractivity contribution in [2.24, 2.45) is 17.5 Å². The molecule has 0 spiro atoms. The fourth-order valence-electron chi connectivity index (χ4n) is 3.95. The number of rotatable bonds is 8. The minimum Gasteiger partial charge on any atom is -0.473 e. The number of carbonyl (C=O) groups is 1. The fraction of sp³-hybridized carbons (Fsp3) is 0.682. The number of hydrogen-bond donors (Lipinski definition) is 2. The standard InChI is InChI=1S/C22H36N6O3/c1-15-21(31-17-10-5-4-6-11-17)25-12-18(26-15)20(23)19(28(3)24)14-30-22(29)27(2)13-16-8-7-9-16/h12,16-17H,4-11,13-14,23-24H2,1-3H3/b20-19-. The summed E-state index contributed by atoms with van der Waals surface area (Å²) in [5.74, 6) is 7.07. The van der Waals surface area contributed by atoms with Crippen LogP contribution in [-0.4, -0.2) is 59.3 Å². The van der Waals surface area contributed by atoms with Crippen LogP contribution < -0.4 is 16.3 Å². The molecule has 2 saturated carbocycles. The number of carbonyl (C=O) groups excluding carboxylic acids is 1. The average molecular weight is 433 g/mol. The Hall–Kier alpha value is -2.55. The van der Waals surface area contributed by atoms with Crippen LogP contribution in [0.5, 0.6) is 5.88 Å². The van der Waals surface area contributed by atoms with E-state index in [0.717, 1.165) is 12.8 Å². The molecular weight excluding hydrogens is 396 g/mol. The maximum absolute atomic E-state index is 12.3. The predicted molar refractivity (Wildman–Crippen MR) is 119 cm³/mol. The number of ether oxygens (including phenoxy) is 2. The topological polar surface area (TPSA) is 120 Å². The molecule has 0 bridgehead atoms. The van der Waals surface area contributed by atoms with Crippen molar-refractivity contribution in [3.05, 3.63) is 23.3 Å².